The van der Waals surface area contributed by atoms with Gasteiger partial charge in [-0.05, 0) is 18.6 Å². The summed E-state index contributed by atoms with van der Waals surface area (Å²) < 4.78 is 0. The van der Waals surface area contributed by atoms with Gasteiger partial charge in [0.2, 0.25) is 0 Å². The minimum atomic E-state index is 0.181. The molecule has 0 saturated carbocycles. The van der Waals surface area contributed by atoms with Crippen molar-refractivity contribution in [3.05, 3.63) is 29.5 Å². The van der Waals surface area contributed by atoms with Crippen molar-refractivity contribution in [2.24, 2.45) is 0 Å². The predicted octanol–water partition coefficient (Wildman–Crippen LogP) is 1.99. The van der Waals surface area contributed by atoms with Crippen LogP contribution in [-0.4, -0.2) is 16.4 Å². The number of fused-ring (bicyclic) bond motifs is 1. The van der Waals surface area contributed by atoms with Crippen molar-refractivity contribution in [3.8, 4) is 5.75 Å². The quantitative estimate of drug-likeness (QED) is 0.651. The Morgan fingerprint density at radius 2 is 2.23 bits per heavy atom. The molecule has 0 amide bonds. The molecule has 0 aliphatic heterocycles. The molecule has 66 valence electrons. The van der Waals surface area contributed by atoms with Crippen molar-refractivity contribution < 1.29 is 9.90 Å². The molecule has 0 spiro atoms. The van der Waals surface area contributed by atoms with Crippen LogP contribution >= 0.6 is 0 Å². The predicted molar refractivity (Wildman–Crippen MR) is 50.1 cm³/mol. The van der Waals surface area contributed by atoms with E-state index in [2.05, 4.69) is 4.98 Å². The molecule has 0 unspecified atom stereocenters. The molecule has 0 bridgehead atoms. The van der Waals surface area contributed by atoms with Gasteiger partial charge in [0.15, 0.2) is 6.29 Å². The van der Waals surface area contributed by atoms with Gasteiger partial charge < -0.3 is 10.1 Å². The molecule has 0 aliphatic rings. The van der Waals surface area contributed by atoms with E-state index in [1.54, 1.807) is 13.1 Å². The molecule has 1 aromatic heterocycles. The molecule has 2 aromatic rings. The zero-order chi connectivity index (χ0) is 9.42. The SMILES string of the molecule is Cc1ccc2[nH]cc(C=O)c2c1O. The van der Waals surface area contributed by atoms with Crippen molar-refractivity contribution in [1.82, 2.24) is 4.98 Å². The fraction of sp³-hybridized carbons (Fsp3) is 0.100. The van der Waals surface area contributed by atoms with Gasteiger partial charge in [-0.2, -0.15) is 0 Å². The molecule has 13 heavy (non-hydrogen) atoms. The highest BCUT2D eigenvalue weighted by molar-refractivity contribution is 6.01. The number of rotatable bonds is 1. The van der Waals surface area contributed by atoms with E-state index in [9.17, 15) is 9.90 Å². The maximum atomic E-state index is 10.6. The van der Waals surface area contributed by atoms with Crippen LogP contribution in [0.15, 0.2) is 18.3 Å². The minimum absolute atomic E-state index is 0.181. The zero-order valence-corrected chi connectivity index (χ0v) is 7.16. The lowest BCUT2D eigenvalue weighted by Crippen LogP contribution is -1.79. The fourth-order valence-corrected chi connectivity index (χ4v) is 1.43. The number of phenols is 1. The number of H-pyrrole nitrogens is 1. The summed E-state index contributed by atoms with van der Waals surface area (Å²) in [7, 11) is 0. The average molecular weight is 175 g/mol. The summed E-state index contributed by atoms with van der Waals surface area (Å²) in [4.78, 5) is 13.5. The lowest BCUT2D eigenvalue weighted by molar-refractivity contribution is 0.112. The highest BCUT2D eigenvalue weighted by atomic mass is 16.3. The van der Waals surface area contributed by atoms with Gasteiger partial charge in [-0.3, -0.25) is 4.79 Å². The van der Waals surface area contributed by atoms with E-state index in [0.29, 0.717) is 10.9 Å². The van der Waals surface area contributed by atoms with Crippen LogP contribution in [0, 0.1) is 6.92 Å². The zero-order valence-electron chi connectivity index (χ0n) is 7.16. The molecule has 1 heterocycles. The van der Waals surface area contributed by atoms with Crippen LogP contribution in [0.5, 0.6) is 5.75 Å². The lowest BCUT2D eigenvalue weighted by Gasteiger charge is -1.99. The van der Waals surface area contributed by atoms with Crippen LogP contribution in [0.4, 0.5) is 0 Å². The number of benzene rings is 1. The lowest BCUT2D eigenvalue weighted by atomic mass is 10.1. The molecule has 0 fully saturated rings. The van der Waals surface area contributed by atoms with Crippen LogP contribution in [0.1, 0.15) is 15.9 Å². The summed E-state index contributed by atoms with van der Waals surface area (Å²) in [6, 6.07) is 3.65. The topological polar surface area (TPSA) is 53.1 Å². The van der Waals surface area contributed by atoms with Crippen LogP contribution in [0.2, 0.25) is 0 Å². The Hall–Kier alpha value is -1.77. The van der Waals surface area contributed by atoms with Crippen LogP contribution in [0.3, 0.4) is 0 Å². The van der Waals surface area contributed by atoms with E-state index in [1.165, 1.54) is 0 Å². The monoisotopic (exact) mass is 175 g/mol. The molecule has 0 saturated heterocycles. The number of aryl methyl sites for hydroxylation is 1. The average Bonchev–Trinajstić information content (AvgIpc) is 2.55. The van der Waals surface area contributed by atoms with Gasteiger partial charge >= 0.3 is 0 Å². The largest absolute Gasteiger partial charge is 0.507 e. The third kappa shape index (κ3) is 1.01. The highest BCUT2D eigenvalue weighted by Gasteiger charge is 2.08. The summed E-state index contributed by atoms with van der Waals surface area (Å²) in [5, 5.41) is 10.3. The number of carbonyl (C=O) groups excluding carboxylic acids is 1. The molecule has 1 aromatic carbocycles. The Morgan fingerprint density at radius 3 is 2.92 bits per heavy atom. The number of phenolic OH excluding ortho intramolecular Hbond substituents is 1. The van der Waals surface area contributed by atoms with Crippen LogP contribution in [0.25, 0.3) is 10.9 Å². The van der Waals surface area contributed by atoms with Crippen LogP contribution < -0.4 is 0 Å². The summed E-state index contributed by atoms with van der Waals surface area (Å²) in [5.41, 5.74) is 2.05. The maximum Gasteiger partial charge on any atom is 0.152 e. The Bertz CT molecular complexity index is 471. The first-order valence-corrected chi connectivity index (χ1v) is 3.99. The Morgan fingerprint density at radius 1 is 1.46 bits per heavy atom. The molecule has 2 rings (SSSR count). The second-order valence-corrected chi connectivity index (χ2v) is 3.02. The van der Waals surface area contributed by atoms with Gasteiger partial charge in [-0.25, -0.2) is 0 Å². The number of nitrogens with one attached hydrogen (secondary N) is 1. The van der Waals surface area contributed by atoms with E-state index >= 15 is 0 Å². The Balaban J connectivity index is 2.93. The number of aromatic hydroxyl groups is 1. The van der Waals surface area contributed by atoms with Crippen molar-refractivity contribution >= 4 is 17.2 Å². The number of aldehydes is 1. The smallest absolute Gasteiger partial charge is 0.152 e. The van der Waals surface area contributed by atoms with Crippen LogP contribution in [-0.2, 0) is 0 Å². The fourth-order valence-electron chi connectivity index (χ4n) is 1.43. The highest BCUT2D eigenvalue weighted by Crippen LogP contribution is 2.29. The van der Waals surface area contributed by atoms with Gasteiger partial charge in [0.25, 0.3) is 0 Å². The number of hydrogen-bond acceptors (Lipinski definition) is 2. The standard InChI is InChI=1S/C10H9NO2/c1-6-2-3-8-9(10(6)13)7(5-12)4-11-8/h2-5,11,13H,1H3. The van der Waals surface area contributed by atoms with Crippen molar-refractivity contribution in [3.63, 3.8) is 0 Å². The van der Waals surface area contributed by atoms with Gasteiger partial charge in [-0.15, -0.1) is 0 Å². The summed E-state index contributed by atoms with van der Waals surface area (Å²) in [6.45, 7) is 1.80. The second kappa shape index (κ2) is 2.62. The third-order valence-corrected chi connectivity index (χ3v) is 2.18. The Labute approximate surface area is 75.0 Å². The summed E-state index contributed by atoms with van der Waals surface area (Å²) >= 11 is 0. The third-order valence-electron chi connectivity index (χ3n) is 2.18. The Kier molecular flexibility index (Phi) is 1.59. The molecule has 3 heteroatoms. The summed E-state index contributed by atoms with van der Waals surface area (Å²) in [6.07, 6.45) is 2.33. The normalized spacial score (nSPS) is 10.5. The number of hydrogen-bond donors (Lipinski definition) is 2. The minimum Gasteiger partial charge on any atom is -0.507 e. The molecular formula is C10H9NO2. The van der Waals surface area contributed by atoms with Crippen molar-refractivity contribution in [2.45, 2.75) is 6.92 Å². The first-order chi connectivity index (χ1) is 6.24. The van der Waals surface area contributed by atoms with Gasteiger partial charge in [0, 0.05) is 17.3 Å². The molecule has 0 atom stereocenters. The molecule has 0 aliphatic carbocycles. The van der Waals surface area contributed by atoms with E-state index in [4.69, 9.17) is 0 Å². The second-order valence-electron chi connectivity index (χ2n) is 3.02. The van der Waals surface area contributed by atoms with Gasteiger partial charge in [-0.1, -0.05) is 6.07 Å². The first-order valence-electron chi connectivity index (χ1n) is 3.99. The molecular weight excluding hydrogens is 166 g/mol. The summed E-state index contributed by atoms with van der Waals surface area (Å²) in [5.74, 6) is 0.181. The molecule has 3 nitrogen and oxygen atoms in total. The number of aromatic nitrogens is 1. The van der Waals surface area contributed by atoms with E-state index in [1.807, 2.05) is 12.1 Å². The first kappa shape index (κ1) is 7.86. The molecule has 0 radical (unpaired) electrons. The van der Waals surface area contributed by atoms with Crippen molar-refractivity contribution in [1.29, 1.82) is 0 Å². The van der Waals surface area contributed by atoms with Crippen molar-refractivity contribution in [2.75, 3.05) is 0 Å². The maximum absolute atomic E-state index is 10.6. The van der Waals surface area contributed by atoms with E-state index < -0.39 is 0 Å². The number of aromatic amines is 1. The van der Waals surface area contributed by atoms with E-state index in [-0.39, 0.29) is 5.75 Å². The number of carbonyl (C=O) groups is 1. The van der Waals surface area contributed by atoms with Gasteiger partial charge in [0.1, 0.15) is 5.75 Å². The molecule has 2 N–H and O–H groups in total. The van der Waals surface area contributed by atoms with E-state index in [0.717, 1.165) is 17.4 Å². The van der Waals surface area contributed by atoms with Gasteiger partial charge in [0.05, 0.1) is 5.39 Å².